The monoisotopic (exact) mass is 378 g/mol. The zero-order chi connectivity index (χ0) is 19.7. The van der Waals surface area contributed by atoms with Crippen LogP contribution in [0, 0.1) is 0 Å². The number of methoxy groups -OCH3 is 3. The van der Waals surface area contributed by atoms with Crippen molar-refractivity contribution in [3.05, 3.63) is 58.6 Å². The first-order chi connectivity index (χ1) is 13.6. The Labute approximate surface area is 160 Å². The summed E-state index contributed by atoms with van der Waals surface area (Å²) in [5.74, 6) is 1.97. The van der Waals surface area contributed by atoms with Gasteiger partial charge >= 0.3 is 0 Å². The average molecular weight is 378 g/mol. The fourth-order valence-electron chi connectivity index (χ4n) is 3.00. The highest BCUT2D eigenvalue weighted by Gasteiger charge is 2.11. The van der Waals surface area contributed by atoms with E-state index in [1.54, 1.807) is 39.5 Å². The fourth-order valence-corrected chi connectivity index (χ4v) is 3.00. The lowest BCUT2D eigenvalue weighted by Crippen LogP contribution is -2.17. The van der Waals surface area contributed by atoms with Crippen LogP contribution in [0.25, 0.3) is 21.9 Å². The minimum absolute atomic E-state index is 0.307. The number of H-pyrrole nitrogens is 1. The van der Waals surface area contributed by atoms with Gasteiger partial charge in [0.1, 0.15) is 34.6 Å². The van der Waals surface area contributed by atoms with Crippen molar-refractivity contribution in [3.63, 3.8) is 0 Å². The van der Waals surface area contributed by atoms with Crippen LogP contribution in [0.3, 0.4) is 0 Å². The number of hydrogen-bond donors (Lipinski definition) is 1. The Morgan fingerprint density at radius 3 is 2.54 bits per heavy atom. The lowest BCUT2D eigenvalue weighted by Gasteiger charge is -2.06. The molecule has 2 heterocycles. The highest BCUT2D eigenvalue weighted by atomic mass is 16.5. The number of hydrogen-bond acceptors (Lipinski definition) is 6. The van der Waals surface area contributed by atoms with E-state index in [9.17, 15) is 4.79 Å². The van der Waals surface area contributed by atoms with Gasteiger partial charge in [-0.25, -0.2) is 4.98 Å². The maximum atomic E-state index is 12.8. The quantitative estimate of drug-likeness (QED) is 0.539. The van der Waals surface area contributed by atoms with Crippen molar-refractivity contribution in [2.24, 2.45) is 5.10 Å². The highest BCUT2D eigenvalue weighted by molar-refractivity contribution is 6.04. The van der Waals surface area contributed by atoms with Crippen LogP contribution in [0.5, 0.6) is 17.2 Å². The maximum absolute atomic E-state index is 12.8. The molecule has 142 valence electrons. The molecule has 0 saturated heterocycles. The van der Waals surface area contributed by atoms with Crippen LogP contribution in [-0.4, -0.2) is 42.2 Å². The van der Waals surface area contributed by atoms with Crippen LogP contribution in [0.4, 0.5) is 0 Å². The largest absolute Gasteiger partial charge is 0.497 e. The molecule has 0 fully saturated rings. The van der Waals surface area contributed by atoms with E-state index < -0.39 is 0 Å². The normalized spacial score (nSPS) is 11.4. The molecule has 0 bridgehead atoms. The van der Waals surface area contributed by atoms with Crippen LogP contribution in [0.1, 0.15) is 5.56 Å². The summed E-state index contributed by atoms with van der Waals surface area (Å²) < 4.78 is 17.0. The molecule has 0 atom stereocenters. The first-order valence-electron chi connectivity index (χ1n) is 8.48. The molecular formula is C20H18N4O4. The van der Waals surface area contributed by atoms with Gasteiger partial charge in [0.05, 0.1) is 33.1 Å². The van der Waals surface area contributed by atoms with E-state index in [4.69, 9.17) is 14.2 Å². The van der Waals surface area contributed by atoms with Crippen LogP contribution >= 0.6 is 0 Å². The summed E-state index contributed by atoms with van der Waals surface area (Å²) in [5, 5.41) is 5.10. The van der Waals surface area contributed by atoms with Gasteiger partial charge in [-0.1, -0.05) is 0 Å². The Hall–Kier alpha value is -3.81. The Kier molecular flexibility index (Phi) is 4.44. The molecule has 2 aromatic heterocycles. The number of ether oxygens (including phenoxy) is 3. The van der Waals surface area contributed by atoms with Crippen LogP contribution in [0.15, 0.2) is 52.6 Å². The molecule has 4 rings (SSSR count). The second-order valence-corrected chi connectivity index (χ2v) is 6.01. The predicted octanol–water partition coefficient (Wildman–Crippen LogP) is 2.79. The Balaban J connectivity index is 1.80. The van der Waals surface area contributed by atoms with Gasteiger partial charge in [0.15, 0.2) is 0 Å². The van der Waals surface area contributed by atoms with Crippen molar-refractivity contribution in [1.82, 2.24) is 14.6 Å². The van der Waals surface area contributed by atoms with Gasteiger partial charge in [-0.05, 0) is 30.3 Å². The SMILES string of the molecule is COc1ccc(OC)c(/C=N\n2cnc3c([nH]c4cc(OC)ccc43)c2=O)c1. The van der Waals surface area contributed by atoms with Gasteiger partial charge in [0, 0.05) is 17.0 Å². The molecule has 0 aliphatic heterocycles. The van der Waals surface area contributed by atoms with Crippen LogP contribution < -0.4 is 19.8 Å². The molecular weight excluding hydrogens is 360 g/mol. The number of rotatable bonds is 5. The zero-order valence-corrected chi connectivity index (χ0v) is 15.6. The van der Waals surface area contributed by atoms with Gasteiger partial charge in [-0.2, -0.15) is 9.78 Å². The lowest BCUT2D eigenvalue weighted by atomic mass is 10.2. The van der Waals surface area contributed by atoms with E-state index in [0.29, 0.717) is 33.8 Å². The van der Waals surface area contributed by atoms with Crippen molar-refractivity contribution in [1.29, 1.82) is 0 Å². The summed E-state index contributed by atoms with van der Waals surface area (Å²) in [6.45, 7) is 0. The molecule has 0 radical (unpaired) electrons. The van der Waals surface area contributed by atoms with E-state index in [-0.39, 0.29) is 5.56 Å². The summed E-state index contributed by atoms with van der Waals surface area (Å²) in [5.41, 5.74) is 2.11. The Morgan fingerprint density at radius 1 is 1.04 bits per heavy atom. The van der Waals surface area contributed by atoms with Crippen molar-refractivity contribution in [3.8, 4) is 17.2 Å². The summed E-state index contributed by atoms with van der Waals surface area (Å²) in [6, 6.07) is 10.9. The summed E-state index contributed by atoms with van der Waals surface area (Å²) >= 11 is 0. The molecule has 8 heteroatoms. The van der Waals surface area contributed by atoms with Crippen LogP contribution in [0.2, 0.25) is 0 Å². The predicted molar refractivity (Wildman–Crippen MR) is 107 cm³/mol. The zero-order valence-electron chi connectivity index (χ0n) is 15.6. The Bertz CT molecular complexity index is 1260. The third kappa shape index (κ3) is 2.94. The van der Waals surface area contributed by atoms with Gasteiger partial charge in [-0.15, -0.1) is 0 Å². The number of aromatic amines is 1. The first-order valence-corrected chi connectivity index (χ1v) is 8.48. The number of benzene rings is 2. The minimum Gasteiger partial charge on any atom is -0.497 e. The lowest BCUT2D eigenvalue weighted by molar-refractivity contribution is 0.402. The smallest absolute Gasteiger partial charge is 0.298 e. The standard InChI is InChI=1S/C20H18N4O4/c1-26-13-5-7-17(28-3)12(8-13)10-22-24-11-21-18-15-6-4-14(27-2)9-16(15)23-19(18)20(24)25/h4-11,23H,1-3H3/b22-10-. The number of nitrogens with one attached hydrogen (secondary N) is 1. The number of fused-ring (bicyclic) bond motifs is 3. The second-order valence-electron chi connectivity index (χ2n) is 6.01. The number of aromatic nitrogens is 3. The summed E-state index contributed by atoms with van der Waals surface area (Å²) in [6.07, 6.45) is 2.92. The fraction of sp³-hybridized carbons (Fsp3) is 0.150. The minimum atomic E-state index is -0.307. The molecule has 4 aromatic rings. The van der Waals surface area contributed by atoms with Gasteiger partial charge in [0.2, 0.25) is 0 Å². The first kappa shape index (κ1) is 17.6. The molecule has 8 nitrogen and oxygen atoms in total. The van der Waals surface area contributed by atoms with Crippen molar-refractivity contribution in [2.45, 2.75) is 0 Å². The topological polar surface area (TPSA) is 90.7 Å². The van der Waals surface area contributed by atoms with E-state index in [2.05, 4.69) is 15.1 Å². The molecule has 0 spiro atoms. The Morgan fingerprint density at radius 2 is 1.79 bits per heavy atom. The van der Waals surface area contributed by atoms with Crippen molar-refractivity contribution < 1.29 is 14.2 Å². The molecule has 1 N–H and O–H groups in total. The van der Waals surface area contributed by atoms with Gasteiger partial charge < -0.3 is 19.2 Å². The number of nitrogens with zero attached hydrogens (tertiary/aromatic N) is 3. The molecule has 0 unspecified atom stereocenters. The van der Waals surface area contributed by atoms with E-state index in [1.807, 2.05) is 18.2 Å². The summed E-state index contributed by atoms with van der Waals surface area (Å²) in [4.78, 5) is 20.3. The van der Waals surface area contributed by atoms with Crippen molar-refractivity contribution >= 4 is 28.2 Å². The molecule has 2 aromatic carbocycles. The highest BCUT2D eigenvalue weighted by Crippen LogP contribution is 2.25. The van der Waals surface area contributed by atoms with E-state index in [0.717, 1.165) is 10.9 Å². The summed E-state index contributed by atoms with van der Waals surface area (Å²) in [7, 11) is 4.74. The molecule has 0 aliphatic rings. The van der Waals surface area contributed by atoms with Crippen molar-refractivity contribution in [2.75, 3.05) is 21.3 Å². The maximum Gasteiger partial charge on any atom is 0.298 e. The van der Waals surface area contributed by atoms with E-state index >= 15 is 0 Å². The van der Waals surface area contributed by atoms with Crippen LogP contribution in [-0.2, 0) is 0 Å². The van der Waals surface area contributed by atoms with Gasteiger partial charge in [0.25, 0.3) is 5.56 Å². The van der Waals surface area contributed by atoms with E-state index in [1.165, 1.54) is 17.2 Å². The molecule has 0 aliphatic carbocycles. The molecule has 0 saturated carbocycles. The second kappa shape index (κ2) is 7.07. The average Bonchev–Trinajstić information content (AvgIpc) is 3.11. The molecule has 28 heavy (non-hydrogen) atoms. The molecule has 0 amide bonds. The third-order valence-electron chi connectivity index (χ3n) is 4.45. The van der Waals surface area contributed by atoms with Gasteiger partial charge in [-0.3, -0.25) is 4.79 Å². The third-order valence-corrected chi connectivity index (χ3v) is 4.45.